The van der Waals surface area contributed by atoms with E-state index in [-0.39, 0.29) is 17.5 Å². The van der Waals surface area contributed by atoms with Gasteiger partial charge in [0.2, 0.25) is 10.0 Å². The van der Waals surface area contributed by atoms with Crippen LogP contribution in [0.5, 0.6) is 11.5 Å². The van der Waals surface area contributed by atoms with Crippen LogP contribution in [0, 0.1) is 0 Å². The Balaban J connectivity index is 0.00000107. The standard InChI is InChI=1S/C35H40N8O3S.C2H4O2/c1-41-18-20-42(21-19-41)27-12-14-28(15-13-27)43-35-32(34(36)37-24-38-35)33(40-43)26-10-16-29(17-11-26)46-30-7-5-6-25(22-30)23-39-47(44,45)31-8-3-2-4-9-31;1-2(3)4/h2-11,16-17,22,24,27-28,39H,12-15,18-21,23H2,1H3,(H2,36,37,38);1H3,(H,3,4). The fourth-order valence-corrected chi connectivity index (χ4v) is 7.74. The molecule has 0 spiro atoms. The average molecular weight is 713 g/mol. The number of carbonyl (C=O) groups is 1. The van der Waals surface area contributed by atoms with E-state index < -0.39 is 16.0 Å². The van der Waals surface area contributed by atoms with Crippen LogP contribution in [-0.2, 0) is 21.4 Å². The van der Waals surface area contributed by atoms with Gasteiger partial charge in [0.05, 0.1) is 16.3 Å². The number of hydrogen-bond acceptors (Lipinski definition) is 10. The maximum atomic E-state index is 12.6. The lowest BCUT2D eigenvalue weighted by molar-refractivity contribution is -0.134. The van der Waals surface area contributed by atoms with Crippen LogP contribution in [0.25, 0.3) is 22.3 Å². The number of anilines is 1. The number of ether oxygens (including phenoxy) is 1. The van der Waals surface area contributed by atoms with Gasteiger partial charge < -0.3 is 20.5 Å². The lowest BCUT2D eigenvalue weighted by Crippen LogP contribution is -2.49. The number of nitrogens with two attached hydrogens (primary N) is 1. The van der Waals surface area contributed by atoms with Crippen molar-refractivity contribution in [1.82, 2.24) is 34.3 Å². The molecule has 0 radical (unpaired) electrons. The Morgan fingerprint density at radius 3 is 2.25 bits per heavy atom. The number of likely N-dealkylation sites (N-methyl/N-ethyl adjacent to an activating group) is 1. The highest BCUT2D eigenvalue weighted by Gasteiger charge is 2.30. The van der Waals surface area contributed by atoms with E-state index in [1.54, 1.807) is 30.3 Å². The molecule has 7 rings (SSSR count). The molecular formula is C37H44N8O5S. The first-order chi connectivity index (χ1) is 24.6. The topological polar surface area (TPSA) is 169 Å². The number of carboxylic acids is 1. The number of fused-ring (bicyclic) bond motifs is 1. The minimum absolute atomic E-state index is 0.143. The zero-order chi connectivity index (χ0) is 36.0. The predicted molar refractivity (Wildman–Crippen MR) is 196 cm³/mol. The summed E-state index contributed by atoms with van der Waals surface area (Å²) >= 11 is 0. The van der Waals surface area contributed by atoms with Gasteiger partial charge >= 0.3 is 0 Å². The number of benzene rings is 3. The number of sulfonamides is 1. The summed E-state index contributed by atoms with van der Waals surface area (Å²) in [6.07, 6.45) is 5.93. The van der Waals surface area contributed by atoms with Crippen LogP contribution in [0.2, 0.25) is 0 Å². The van der Waals surface area contributed by atoms with E-state index in [0.717, 1.165) is 86.6 Å². The van der Waals surface area contributed by atoms with Crippen molar-refractivity contribution in [1.29, 1.82) is 0 Å². The molecule has 5 aromatic rings. The minimum Gasteiger partial charge on any atom is -0.481 e. The van der Waals surface area contributed by atoms with E-state index in [9.17, 15) is 8.42 Å². The number of hydrogen-bond donors (Lipinski definition) is 3. The molecule has 2 aromatic heterocycles. The molecule has 1 saturated heterocycles. The Hall–Kier alpha value is -4.89. The number of nitrogens with zero attached hydrogens (tertiary/aromatic N) is 6. The lowest BCUT2D eigenvalue weighted by atomic mass is 9.90. The molecule has 13 nitrogen and oxygen atoms in total. The molecule has 0 atom stereocenters. The summed E-state index contributed by atoms with van der Waals surface area (Å²) < 4.78 is 36.2. The van der Waals surface area contributed by atoms with Crippen LogP contribution in [0.3, 0.4) is 0 Å². The van der Waals surface area contributed by atoms with Crippen molar-refractivity contribution in [2.45, 2.75) is 56.1 Å². The monoisotopic (exact) mass is 712 g/mol. The van der Waals surface area contributed by atoms with Gasteiger partial charge in [-0.25, -0.2) is 27.8 Å². The third-order valence-corrected chi connectivity index (χ3v) is 10.8. The third-order valence-electron chi connectivity index (χ3n) is 9.37. The van der Waals surface area contributed by atoms with Crippen LogP contribution in [0.1, 0.15) is 44.2 Å². The number of rotatable bonds is 9. The Bertz CT molecular complexity index is 2040. The number of nitrogen functional groups attached to an aromatic ring is 1. The van der Waals surface area contributed by atoms with Gasteiger partial charge in [-0.05, 0) is 86.8 Å². The van der Waals surface area contributed by atoms with Gasteiger partial charge in [0, 0.05) is 51.3 Å². The number of aromatic nitrogens is 4. The number of nitrogens with one attached hydrogen (secondary N) is 1. The van der Waals surface area contributed by atoms with Gasteiger partial charge in [-0.3, -0.25) is 9.69 Å². The first-order valence-corrected chi connectivity index (χ1v) is 18.6. The Morgan fingerprint density at radius 2 is 1.57 bits per heavy atom. The molecule has 2 aliphatic rings. The molecule has 3 heterocycles. The van der Waals surface area contributed by atoms with E-state index >= 15 is 0 Å². The molecule has 1 saturated carbocycles. The minimum atomic E-state index is -3.61. The average Bonchev–Trinajstić information content (AvgIpc) is 3.53. The summed E-state index contributed by atoms with van der Waals surface area (Å²) in [5, 5.41) is 13.3. The molecule has 0 unspecified atom stereocenters. The second kappa shape index (κ2) is 16.0. The Morgan fingerprint density at radius 1 is 0.902 bits per heavy atom. The fourth-order valence-electron chi connectivity index (χ4n) is 6.70. The van der Waals surface area contributed by atoms with Crippen molar-refractivity contribution in [2.24, 2.45) is 0 Å². The Labute approximate surface area is 298 Å². The van der Waals surface area contributed by atoms with Crippen molar-refractivity contribution in [2.75, 3.05) is 39.0 Å². The van der Waals surface area contributed by atoms with Gasteiger partial charge in [-0.1, -0.05) is 30.3 Å². The zero-order valence-corrected chi connectivity index (χ0v) is 29.7. The molecule has 2 fully saturated rings. The summed E-state index contributed by atoms with van der Waals surface area (Å²) in [6, 6.07) is 24.3. The predicted octanol–water partition coefficient (Wildman–Crippen LogP) is 5.17. The largest absolute Gasteiger partial charge is 0.481 e. The summed E-state index contributed by atoms with van der Waals surface area (Å²) in [7, 11) is -1.41. The maximum absolute atomic E-state index is 12.6. The second-order valence-electron chi connectivity index (χ2n) is 13.0. The van der Waals surface area contributed by atoms with Crippen molar-refractivity contribution >= 4 is 32.8 Å². The fraction of sp³-hybridized carbons (Fsp3) is 0.351. The van der Waals surface area contributed by atoms with Gasteiger partial charge in [-0.2, -0.15) is 5.10 Å². The molecule has 14 heteroatoms. The summed E-state index contributed by atoms with van der Waals surface area (Å²) in [6.45, 7) is 5.79. The quantitative estimate of drug-likeness (QED) is 0.184. The molecule has 0 bridgehead atoms. The molecule has 268 valence electrons. The number of carboxylic acid groups (broad SMARTS) is 1. The van der Waals surface area contributed by atoms with E-state index in [1.807, 2.05) is 48.5 Å². The van der Waals surface area contributed by atoms with Gasteiger partial charge in [0.1, 0.15) is 29.3 Å². The molecular weight excluding hydrogens is 669 g/mol. The van der Waals surface area contributed by atoms with Gasteiger partial charge in [-0.15, -0.1) is 0 Å². The second-order valence-corrected chi connectivity index (χ2v) is 14.7. The zero-order valence-electron chi connectivity index (χ0n) is 28.9. The van der Waals surface area contributed by atoms with Crippen LogP contribution < -0.4 is 15.2 Å². The normalized spacial score (nSPS) is 18.5. The van der Waals surface area contributed by atoms with Crippen molar-refractivity contribution in [3.8, 4) is 22.8 Å². The van der Waals surface area contributed by atoms with Gasteiger partial charge in [0.15, 0.2) is 5.65 Å². The van der Waals surface area contributed by atoms with E-state index in [2.05, 4.69) is 36.2 Å². The summed E-state index contributed by atoms with van der Waals surface area (Å²) in [5.74, 6) is 0.835. The van der Waals surface area contributed by atoms with Crippen LogP contribution in [-0.4, -0.2) is 88.3 Å². The van der Waals surface area contributed by atoms with Crippen molar-refractivity contribution < 1.29 is 23.1 Å². The summed E-state index contributed by atoms with van der Waals surface area (Å²) in [5.41, 5.74) is 9.63. The molecule has 51 heavy (non-hydrogen) atoms. The van der Waals surface area contributed by atoms with Crippen LogP contribution in [0.4, 0.5) is 5.82 Å². The smallest absolute Gasteiger partial charge is 0.300 e. The summed E-state index contributed by atoms with van der Waals surface area (Å²) in [4.78, 5) is 23.2. The van der Waals surface area contributed by atoms with Gasteiger partial charge in [0.25, 0.3) is 5.97 Å². The highest BCUT2D eigenvalue weighted by Crippen LogP contribution is 2.37. The highest BCUT2D eigenvalue weighted by atomic mass is 32.2. The van der Waals surface area contributed by atoms with Crippen molar-refractivity contribution in [3.05, 3.63) is 90.8 Å². The first-order valence-electron chi connectivity index (χ1n) is 17.1. The molecule has 3 aromatic carbocycles. The Kier molecular flexibility index (Phi) is 11.3. The number of aliphatic carboxylic acids is 1. The van der Waals surface area contributed by atoms with E-state index in [1.165, 1.54) is 6.33 Å². The van der Waals surface area contributed by atoms with Crippen LogP contribution >= 0.6 is 0 Å². The first kappa shape index (κ1) is 35.9. The molecule has 1 aliphatic carbocycles. The third kappa shape index (κ3) is 8.89. The number of piperazine rings is 1. The molecule has 1 aliphatic heterocycles. The maximum Gasteiger partial charge on any atom is 0.300 e. The molecule has 0 amide bonds. The molecule has 4 N–H and O–H groups in total. The lowest BCUT2D eigenvalue weighted by Gasteiger charge is -2.41. The van der Waals surface area contributed by atoms with Crippen LogP contribution in [0.15, 0.2) is 90.1 Å². The van der Waals surface area contributed by atoms with Crippen molar-refractivity contribution in [3.63, 3.8) is 0 Å². The van der Waals surface area contributed by atoms with E-state index in [4.69, 9.17) is 25.5 Å². The highest BCUT2D eigenvalue weighted by molar-refractivity contribution is 7.89. The van der Waals surface area contributed by atoms with E-state index in [0.29, 0.717) is 23.4 Å². The SMILES string of the molecule is CC(=O)O.CN1CCN(C2CCC(n3nc(-c4ccc(Oc5cccc(CNS(=O)(=O)c6ccccc6)c5)cc4)c4c(N)ncnc43)CC2)CC1.